The molecule has 0 aliphatic carbocycles. The number of halogens is 3. The van der Waals surface area contributed by atoms with Crippen LogP contribution in [0.5, 0.6) is 0 Å². The fourth-order valence-electron chi connectivity index (χ4n) is 9.61. The molecule has 68 heavy (non-hydrogen) atoms. The molecule has 0 bridgehead atoms. The first kappa shape index (κ1) is 44.2. The van der Waals surface area contributed by atoms with Crippen LogP contribution >= 0.6 is 0 Å². The Morgan fingerprint density at radius 2 is 1.63 bits per heavy atom. The van der Waals surface area contributed by atoms with Gasteiger partial charge in [-0.15, -0.1) is 0 Å². The van der Waals surface area contributed by atoms with Gasteiger partial charge in [-0.3, -0.25) is 39.1 Å². The molecule has 4 aromatic carbocycles. The maximum Gasteiger partial charge on any atom is 0.416 e. The van der Waals surface area contributed by atoms with E-state index < -0.39 is 47.3 Å². The van der Waals surface area contributed by atoms with Gasteiger partial charge in [0.1, 0.15) is 6.04 Å². The van der Waals surface area contributed by atoms with E-state index in [1.165, 1.54) is 23.3 Å². The second-order valence-electron chi connectivity index (χ2n) is 17.8. The summed E-state index contributed by atoms with van der Waals surface area (Å²) >= 11 is 0. The predicted molar refractivity (Wildman–Crippen MR) is 247 cm³/mol. The smallest absolute Gasteiger partial charge is 0.371 e. The van der Waals surface area contributed by atoms with Crippen molar-refractivity contribution < 1.29 is 37.1 Å². The van der Waals surface area contributed by atoms with Gasteiger partial charge in [0.05, 0.1) is 22.1 Å². The average molecular weight is 926 g/mol. The number of rotatable bonds is 10. The summed E-state index contributed by atoms with van der Waals surface area (Å²) in [7, 11) is 1.79. The number of hydrogen-bond donors (Lipinski definition) is 4. The minimum Gasteiger partial charge on any atom is -0.371 e. The van der Waals surface area contributed by atoms with Gasteiger partial charge in [0.2, 0.25) is 17.8 Å². The molecule has 6 aromatic rings. The Morgan fingerprint density at radius 1 is 0.838 bits per heavy atom. The zero-order valence-electron chi connectivity index (χ0n) is 37.1. The average Bonchev–Trinajstić information content (AvgIpc) is 3.76. The largest absolute Gasteiger partial charge is 0.416 e. The van der Waals surface area contributed by atoms with Gasteiger partial charge in [0, 0.05) is 80.7 Å². The second kappa shape index (κ2) is 17.5. The Labute approximate surface area is 387 Å². The molecular weight excluding hydrogens is 880 g/mol. The molecule has 1 unspecified atom stereocenters. The van der Waals surface area contributed by atoms with Crippen LogP contribution in [-0.2, 0) is 35.8 Å². The Kier molecular flexibility index (Phi) is 11.4. The first-order chi connectivity index (χ1) is 32.6. The standard InChI is InChI=1S/C49H46F3N11O5/c1-27-20-33(54-44(65)30-4-3-5-32(21-30)49(50,51)52)8-11-39(27)56-42-38-24-53-48(58-43(38)60(2)59-42)55-34-7-6-29-16-17-61(26-31(29)22-34)25-28-14-18-62(19-15-28)35-9-10-36-37(23-35)47(68)63(46(36)67)40-12-13-41(64)57-45(40)66/h3-11,20-24,28,40H,12-19,25-26H2,1-2H3,(H,54,65)(H,56,59)(H,53,55,58)(H,57,64,66). The zero-order chi connectivity index (χ0) is 47.4. The number of imide groups is 2. The summed E-state index contributed by atoms with van der Waals surface area (Å²) < 4.78 is 41.2. The van der Waals surface area contributed by atoms with E-state index >= 15 is 0 Å². The molecule has 16 nitrogen and oxygen atoms in total. The maximum absolute atomic E-state index is 13.4. The highest BCUT2D eigenvalue weighted by molar-refractivity contribution is 6.23. The molecule has 2 saturated heterocycles. The molecule has 0 radical (unpaired) electrons. The summed E-state index contributed by atoms with van der Waals surface area (Å²) in [5.74, 6) is -1.26. The minimum atomic E-state index is -4.56. The number of piperidine rings is 2. The highest BCUT2D eigenvalue weighted by atomic mass is 19.4. The summed E-state index contributed by atoms with van der Waals surface area (Å²) in [6.45, 7) is 6.20. The summed E-state index contributed by atoms with van der Waals surface area (Å²) in [4.78, 5) is 78.7. The van der Waals surface area contributed by atoms with E-state index in [9.17, 15) is 37.1 Å². The Morgan fingerprint density at radius 3 is 2.41 bits per heavy atom. The summed E-state index contributed by atoms with van der Waals surface area (Å²) in [6.07, 6.45) is 0.227. The van der Waals surface area contributed by atoms with Gasteiger partial charge >= 0.3 is 6.18 Å². The number of alkyl halides is 3. The normalized spacial score (nSPS) is 17.9. The Bertz CT molecular complexity index is 3060. The SMILES string of the molecule is Cc1cc(NC(=O)c2cccc(C(F)(F)F)c2)ccc1Nc1nn(C)c2nc(Nc3ccc4c(c3)CN(CC3CCN(c5ccc6c(c5)C(=O)N(C5CCC(=O)NC5=O)C6=O)CC3)CC4)ncc12. The second-order valence-corrected chi connectivity index (χ2v) is 17.8. The number of nitrogens with one attached hydrogen (secondary N) is 4. The first-order valence-electron chi connectivity index (χ1n) is 22.4. The molecule has 2 aromatic heterocycles. The lowest BCUT2D eigenvalue weighted by Gasteiger charge is -2.37. The van der Waals surface area contributed by atoms with E-state index in [0.717, 1.165) is 86.0 Å². The number of nitrogens with zero attached hydrogens (tertiary/aromatic N) is 7. The molecule has 5 amide bonds. The van der Waals surface area contributed by atoms with Crippen LogP contribution in [0.2, 0.25) is 0 Å². The van der Waals surface area contributed by atoms with Crippen molar-refractivity contribution in [3.05, 3.63) is 124 Å². The van der Waals surface area contributed by atoms with Gasteiger partial charge in [0.25, 0.3) is 17.7 Å². The molecule has 19 heteroatoms. The highest BCUT2D eigenvalue weighted by Crippen LogP contribution is 2.35. The highest BCUT2D eigenvalue weighted by Gasteiger charge is 2.45. The zero-order valence-corrected chi connectivity index (χ0v) is 37.1. The molecule has 0 saturated carbocycles. The van der Waals surface area contributed by atoms with Crippen LogP contribution in [-0.4, -0.2) is 91.3 Å². The lowest BCUT2D eigenvalue weighted by Crippen LogP contribution is -2.54. The first-order valence-corrected chi connectivity index (χ1v) is 22.4. The molecule has 1 atom stereocenters. The molecule has 4 aliphatic heterocycles. The number of carbonyl (C=O) groups is 5. The molecule has 2 fully saturated rings. The number of anilines is 6. The van der Waals surface area contributed by atoms with Crippen molar-refractivity contribution in [2.24, 2.45) is 13.0 Å². The third-order valence-corrected chi connectivity index (χ3v) is 13.2. The number of hydrogen-bond acceptors (Lipinski definition) is 12. The molecule has 4 N–H and O–H groups in total. The van der Waals surface area contributed by atoms with Crippen LogP contribution in [0.3, 0.4) is 0 Å². The van der Waals surface area contributed by atoms with Gasteiger partial charge < -0.3 is 20.9 Å². The number of benzene rings is 4. The molecule has 4 aliphatic rings. The van der Waals surface area contributed by atoms with Crippen molar-refractivity contribution in [2.75, 3.05) is 47.0 Å². The van der Waals surface area contributed by atoms with Gasteiger partial charge in [0.15, 0.2) is 11.5 Å². The van der Waals surface area contributed by atoms with Gasteiger partial charge in [-0.1, -0.05) is 12.1 Å². The number of fused-ring (bicyclic) bond motifs is 3. The fourth-order valence-corrected chi connectivity index (χ4v) is 9.61. The van der Waals surface area contributed by atoms with E-state index in [-0.39, 0.29) is 24.0 Å². The molecule has 348 valence electrons. The van der Waals surface area contributed by atoms with Crippen LogP contribution in [0.4, 0.5) is 47.7 Å². The van der Waals surface area contributed by atoms with Crippen molar-refractivity contribution in [1.29, 1.82) is 0 Å². The van der Waals surface area contributed by atoms with Gasteiger partial charge in [-0.05, 0) is 122 Å². The van der Waals surface area contributed by atoms with Gasteiger partial charge in [-0.25, -0.2) is 9.67 Å². The third kappa shape index (κ3) is 8.71. The minimum absolute atomic E-state index is 0.0752. The molecular formula is C49H46F3N11O5. The quantitative estimate of drug-likeness (QED) is 0.102. The van der Waals surface area contributed by atoms with Crippen molar-refractivity contribution in [3.63, 3.8) is 0 Å². The summed E-state index contributed by atoms with van der Waals surface area (Å²) in [6, 6.07) is 20.1. The van der Waals surface area contributed by atoms with Crippen LogP contribution in [0.1, 0.15) is 79.0 Å². The lowest BCUT2D eigenvalue weighted by molar-refractivity contribution is -0.138. The van der Waals surface area contributed by atoms with E-state index in [1.807, 2.05) is 19.1 Å². The van der Waals surface area contributed by atoms with Gasteiger partial charge in [-0.2, -0.15) is 23.3 Å². The van der Waals surface area contributed by atoms with Crippen molar-refractivity contribution in [3.8, 4) is 0 Å². The van der Waals surface area contributed by atoms with Crippen molar-refractivity contribution >= 4 is 75.1 Å². The van der Waals surface area contributed by atoms with E-state index in [1.54, 1.807) is 48.3 Å². The molecule has 10 rings (SSSR count). The molecule has 0 spiro atoms. The number of carbonyl (C=O) groups excluding carboxylic acids is 5. The number of aromatic nitrogens is 4. The van der Waals surface area contributed by atoms with E-state index in [4.69, 9.17) is 4.98 Å². The van der Waals surface area contributed by atoms with Crippen LogP contribution in [0.15, 0.2) is 85.1 Å². The summed E-state index contributed by atoms with van der Waals surface area (Å²) in [5, 5.41) is 16.9. The summed E-state index contributed by atoms with van der Waals surface area (Å²) in [5.41, 5.74) is 6.34. The lowest BCUT2D eigenvalue weighted by atomic mass is 9.93. The number of aryl methyl sites for hydroxylation is 2. The third-order valence-electron chi connectivity index (χ3n) is 13.2. The fraction of sp³-hybridized carbons (Fsp3) is 0.306. The van der Waals surface area contributed by atoms with Crippen molar-refractivity contribution in [2.45, 2.75) is 57.8 Å². The predicted octanol–water partition coefficient (Wildman–Crippen LogP) is 7.11. The van der Waals surface area contributed by atoms with Crippen molar-refractivity contribution in [1.82, 2.24) is 34.9 Å². The van der Waals surface area contributed by atoms with Crippen LogP contribution in [0, 0.1) is 12.8 Å². The van der Waals surface area contributed by atoms with Crippen LogP contribution in [0.25, 0.3) is 11.0 Å². The van der Waals surface area contributed by atoms with Crippen LogP contribution < -0.4 is 26.2 Å². The topological polar surface area (TPSA) is 187 Å². The monoisotopic (exact) mass is 925 g/mol. The Hall–Kier alpha value is -7.67. The molecule has 6 heterocycles. The van der Waals surface area contributed by atoms with E-state index in [2.05, 4.69) is 53.3 Å². The maximum atomic E-state index is 13.4. The number of amides is 5. The van der Waals surface area contributed by atoms with E-state index in [0.29, 0.717) is 45.7 Å². The Balaban J connectivity index is 0.735.